The second-order valence-electron chi connectivity index (χ2n) is 5.00. The molecule has 1 heterocycles. The van der Waals surface area contributed by atoms with Crippen molar-refractivity contribution in [2.24, 2.45) is 0 Å². The highest BCUT2D eigenvalue weighted by atomic mass is 16.5. The van der Waals surface area contributed by atoms with Crippen molar-refractivity contribution in [1.82, 2.24) is 5.32 Å². The summed E-state index contributed by atoms with van der Waals surface area (Å²) < 4.78 is 5.34. The van der Waals surface area contributed by atoms with Crippen LogP contribution in [0.25, 0.3) is 0 Å². The van der Waals surface area contributed by atoms with Gasteiger partial charge in [0, 0.05) is 30.5 Å². The van der Waals surface area contributed by atoms with Gasteiger partial charge in [0.05, 0.1) is 18.8 Å². The maximum absolute atomic E-state index is 12.2. The predicted octanol–water partition coefficient (Wildman–Crippen LogP) is 1.24. The van der Waals surface area contributed by atoms with E-state index in [9.17, 15) is 4.79 Å². The molecule has 0 aliphatic carbocycles. The first-order chi connectivity index (χ1) is 9.08. The molecule has 1 saturated heterocycles. The first kappa shape index (κ1) is 13.7. The van der Waals surface area contributed by atoms with Crippen molar-refractivity contribution < 1.29 is 9.53 Å². The fraction of sp³-hybridized carbons (Fsp3) is 0.500. The molecule has 104 valence electrons. The highest BCUT2D eigenvalue weighted by molar-refractivity contribution is 6.00. The van der Waals surface area contributed by atoms with Gasteiger partial charge in [-0.3, -0.25) is 4.79 Å². The van der Waals surface area contributed by atoms with Crippen LogP contribution in [-0.4, -0.2) is 38.3 Å². The van der Waals surface area contributed by atoms with Gasteiger partial charge in [-0.25, -0.2) is 0 Å². The molecule has 0 saturated carbocycles. The Morgan fingerprint density at radius 1 is 1.37 bits per heavy atom. The smallest absolute Gasteiger partial charge is 0.253 e. The van der Waals surface area contributed by atoms with E-state index in [0.717, 1.165) is 18.8 Å². The van der Waals surface area contributed by atoms with E-state index in [2.05, 4.69) is 10.2 Å². The molecule has 0 aromatic heterocycles. The third-order valence-corrected chi connectivity index (χ3v) is 3.04. The standard InChI is InChI=1S/C14H21N3O2/c1-10(2)16-14(18)12-9-11(15)3-4-13(12)17-5-7-19-8-6-17/h3-4,9-10H,5-8,15H2,1-2H3,(H,16,18). The van der Waals surface area contributed by atoms with Crippen molar-refractivity contribution >= 4 is 17.3 Å². The van der Waals surface area contributed by atoms with E-state index < -0.39 is 0 Å². The maximum atomic E-state index is 12.2. The fourth-order valence-corrected chi connectivity index (χ4v) is 2.16. The highest BCUT2D eigenvalue weighted by Crippen LogP contribution is 2.24. The molecule has 0 bridgehead atoms. The van der Waals surface area contributed by atoms with Gasteiger partial charge >= 0.3 is 0 Å². The molecule has 0 spiro atoms. The number of ether oxygens (including phenoxy) is 1. The Bertz CT molecular complexity index is 454. The Morgan fingerprint density at radius 2 is 2.05 bits per heavy atom. The number of hydrogen-bond donors (Lipinski definition) is 2. The predicted molar refractivity (Wildman–Crippen MR) is 76.5 cm³/mol. The molecule has 0 unspecified atom stereocenters. The van der Waals surface area contributed by atoms with Gasteiger partial charge in [-0.15, -0.1) is 0 Å². The van der Waals surface area contributed by atoms with Crippen molar-refractivity contribution in [2.45, 2.75) is 19.9 Å². The number of carbonyl (C=O) groups excluding carboxylic acids is 1. The quantitative estimate of drug-likeness (QED) is 0.805. The Balaban J connectivity index is 2.29. The van der Waals surface area contributed by atoms with E-state index in [4.69, 9.17) is 10.5 Å². The highest BCUT2D eigenvalue weighted by Gasteiger charge is 2.19. The zero-order valence-electron chi connectivity index (χ0n) is 11.5. The first-order valence-electron chi connectivity index (χ1n) is 6.61. The first-order valence-corrected chi connectivity index (χ1v) is 6.61. The molecular weight excluding hydrogens is 242 g/mol. The van der Waals surface area contributed by atoms with E-state index in [1.165, 1.54) is 0 Å². The number of nitrogens with zero attached hydrogens (tertiary/aromatic N) is 1. The molecular formula is C14H21N3O2. The molecule has 5 nitrogen and oxygen atoms in total. The number of rotatable bonds is 3. The summed E-state index contributed by atoms with van der Waals surface area (Å²) in [4.78, 5) is 14.4. The molecule has 1 aromatic carbocycles. The zero-order chi connectivity index (χ0) is 13.8. The normalized spacial score (nSPS) is 15.6. The number of benzene rings is 1. The minimum absolute atomic E-state index is 0.0798. The summed E-state index contributed by atoms with van der Waals surface area (Å²) in [6.07, 6.45) is 0. The van der Waals surface area contributed by atoms with Crippen LogP contribution in [0.1, 0.15) is 24.2 Å². The summed E-state index contributed by atoms with van der Waals surface area (Å²) in [7, 11) is 0. The molecule has 1 aliphatic rings. The van der Waals surface area contributed by atoms with E-state index >= 15 is 0 Å². The van der Waals surface area contributed by atoms with Crippen LogP contribution in [0.15, 0.2) is 18.2 Å². The van der Waals surface area contributed by atoms with Crippen LogP contribution in [0.4, 0.5) is 11.4 Å². The lowest BCUT2D eigenvalue weighted by molar-refractivity contribution is 0.0941. The number of nitrogens with two attached hydrogens (primary N) is 1. The molecule has 0 radical (unpaired) electrons. The number of morpholine rings is 1. The number of nitrogens with one attached hydrogen (secondary N) is 1. The summed E-state index contributed by atoms with van der Waals surface area (Å²) in [6.45, 7) is 6.86. The third kappa shape index (κ3) is 3.38. The summed E-state index contributed by atoms with van der Waals surface area (Å²) in [6, 6.07) is 5.58. The summed E-state index contributed by atoms with van der Waals surface area (Å²) >= 11 is 0. The number of nitrogen functional groups attached to an aromatic ring is 1. The van der Waals surface area contributed by atoms with E-state index in [0.29, 0.717) is 24.5 Å². The van der Waals surface area contributed by atoms with Gasteiger partial charge in [-0.05, 0) is 32.0 Å². The largest absolute Gasteiger partial charge is 0.399 e. The molecule has 1 amide bonds. The van der Waals surface area contributed by atoms with Crippen LogP contribution in [0.5, 0.6) is 0 Å². The molecule has 19 heavy (non-hydrogen) atoms. The van der Waals surface area contributed by atoms with Crippen molar-refractivity contribution in [2.75, 3.05) is 36.9 Å². The van der Waals surface area contributed by atoms with Crippen LogP contribution >= 0.6 is 0 Å². The minimum atomic E-state index is -0.0798. The van der Waals surface area contributed by atoms with Crippen molar-refractivity contribution in [3.8, 4) is 0 Å². The zero-order valence-corrected chi connectivity index (χ0v) is 11.5. The van der Waals surface area contributed by atoms with Crippen LogP contribution in [-0.2, 0) is 4.74 Å². The third-order valence-electron chi connectivity index (χ3n) is 3.04. The van der Waals surface area contributed by atoms with Gasteiger partial charge in [-0.1, -0.05) is 0 Å². The molecule has 1 aliphatic heterocycles. The van der Waals surface area contributed by atoms with Gasteiger partial charge in [-0.2, -0.15) is 0 Å². The van der Waals surface area contributed by atoms with E-state index in [1.54, 1.807) is 6.07 Å². The molecule has 1 fully saturated rings. The second-order valence-corrected chi connectivity index (χ2v) is 5.00. The monoisotopic (exact) mass is 263 g/mol. The van der Waals surface area contributed by atoms with E-state index in [1.807, 2.05) is 26.0 Å². The fourth-order valence-electron chi connectivity index (χ4n) is 2.16. The molecule has 0 atom stereocenters. The molecule has 3 N–H and O–H groups in total. The average molecular weight is 263 g/mol. The molecule has 5 heteroatoms. The topological polar surface area (TPSA) is 67.6 Å². The maximum Gasteiger partial charge on any atom is 0.253 e. The number of amides is 1. The lowest BCUT2D eigenvalue weighted by atomic mass is 10.1. The second kappa shape index (κ2) is 5.93. The Labute approximate surface area is 113 Å². The lowest BCUT2D eigenvalue weighted by Gasteiger charge is -2.30. The molecule has 1 aromatic rings. The van der Waals surface area contributed by atoms with Gasteiger partial charge in [0.2, 0.25) is 0 Å². The van der Waals surface area contributed by atoms with Crippen LogP contribution in [0.3, 0.4) is 0 Å². The molecule has 2 rings (SSSR count). The van der Waals surface area contributed by atoms with Crippen molar-refractivity contribution in [3.63, 3.8) is 0 Å². The number of carbonyl (C=O) groups is 1. The van der Waals surface area contributed by atoms with Gasteiger partial charge in [0.1, 0.15) is 0 Å². The Morgan fingerprint density at radius 3 is 2.68 bits per heavy atom. The number of hydrogen-bond acceptors (Lipinski definition) is 4. The minimum Gasteiger partial charge on any atom is -0.399 e. The number of anilines is 2. The summed E-state index contributed by atoms with van der Waals surface area (Å²) in [5.74, 6) is -0.0798. The van der Waals surface area contributed by atoms with Crippen LogP contribution in [0, 0.1) is 0 Å². The van der Waals surface area contributed by atoms with Crippen LogP contribution < -0.4 is 16.0 Å². The van der Waals surface area contributed by atoms with Gasteiger partial charge in [0.15, 0.2) is 0 Å². The van der Waals surface area contributed by atoms with Crippen molar-refractivity contribution in [3.05, 3.63) is 23.8 Å². The average Bonchev–Trinajstić information content (AvgIpc) is 2.39. The van der Waals surface area contributed by atoms with Gasteiger partial charge < -0.3 is 20.7 Å². The SMILES string of the molecule is CC(C)NC(=O)c1cc(N)ccc1N1CCOCC1. The van der Waals surface area contributed by atoms with Crippen molar-refractivity contribution in [1.29, 1.82) is 0 Å². The van der Waals surface area contributed by atoms with Crippen LogP contribution in [0.2, 0.25) is 0 Å². The lowest BCUT2D eigenvalue weighted by Crippen LogP contribution is -2.38. The summed E-state index contributed by atoms with van der Waals surface area (Å²) in [5.41, 5.74) is 7.97. The Kier molecular flexibility index (Phi) is 4.27. The Hall–Kier alpha value is -1.75. The summed E-state index contributed by atoms with van der Waals surface area (Å²) in [5, 5.41) is 2.91. The van der Waals surface area contributed by atoms with Gasteiger partial charge in [0.25, 0.3) is 5.91 Å². The van der Waals surface area contributed by atoms with E-state index in [-0.39, 0.29) is 11.9 Å².